The highest BCUT2D eigenvalue weighted by molar-refractivity contribution is 6.06. The van der Waals surface area contributed by atoms with Gasteiger partial charge in [-0.1, -0.05) is 18.2 Å². The number of alkyl halides is 3. The lowest BCUT2D eigenvalue weighted by molar-refractivity contribution is -0.137. The highest BCUT2D eigenvalue weighted by Crippen LogP contribution is 2.29. The van der Waals surface area contributed by atoms with Gasteiger partial charge in [-0.15, -0.1) is 0 Å². The molecule has 0 radical (unpaired) electrons. The molecule has 3 rings (SSSR count). The Morgan fingerprint density at radius 1 is 1.06 bits per heavy atom. The molecule has 2 aromatic carbocycles. The van der Waals surface area contributed by atoms with Crippen molar-refractivity contribution in [3.63, 3.8) is 0 Å². The van der Waals surface area contributed by atoms with Crippen LogP contribution >= 0.6 is 0 Å². The molecular weight excluding hydrogens is 426 g/mol. The fourth-order valence-corrected chi connectivity index (χ4v) is 3.16. The van der Waals surface area contributed by atoms with E-state index in [2.05, 4.69) is 26.5 Å². The molecule has 172 valence electrons. The summed E-state index contributed by atoms with van der Waals surface area (Å²) in [6.07, 6.45) is -4.47. The van der Waals surface area contributed by atoms with Crippen molar-refractivity contribution in [1.29, 1.82) is 0 Å². The number of hydrogen-bond acceptors (Lipinski definition) is 4. The third-order valence-electron chi connectivity index (χ3n) is 4.62. The average Bonchev–Trinajstić information content (AvgIpc) is 3.15. The zero-order chi connectivity index (χ0) is 23.5. The molecule has 6 nitrogen and oxygen atoms in total. The van der Waals surface area contributed by atoms with Crippen LogP contribution in [0.1, 0.15) is 54.7 Å². The Hall–Kier alpha value is -2.98. The van der Waals surface area contributed by atoms with Gasteiger partial charge in [0.05, 0.1) is 5.56 Å². The largest absolute Gasteiger partial charge is 0.416 e. The Kier molecular flexibility index (Phi) is 6.85. The van der Waals surface area contributed by atoms with Crippen LogP contribution in [-0.4, -0.2) is 23.6 Å². The van der Waals surface area contributed by atoms with E-state index in [1.54, 1.807) is 12.1 Å². The van der Waals surface area contributed by atoms with Gasteiger partial charge >= 0.3 is 6.18 Å². The molecule has 2 unspecified atom stereocenters. The fraction of sp³-hybridized carbons (Fsp3) is 0.364. The van der Waals surface area contributed by atoms with Crippen LogP contribution < -0.4 is 21.5 Å². The minimum absolute atomic E-state index is 0.124. The summed E-state index contributed by atoms with van der Waals surface area (Å²) in [6, 6.07) is 10.1. The van der Waals surface area contributed by atoms with Crippen molar-refractivity contribution in [3.8, 4) is 0 Å². The Bertz CT molecular complexity index is 983. The monoisotopic (exact) mass is 451 g/mol. The number of hydrazine groups is 1. The van der Waals surface area contributed by atoms with Crippen LogP contribution in [0.4, 0.5) is 17.6 Å². The normalized spacial score (nSPS) is 19.7. The fourth-order valence-electron chi connectivity index (χ4n) is 3.16. The molecule has 0 spiro atoms. The quantitative estimate of drug-likeness (QED) is 0.325. The lowest BCUT2D eigenvalue weighted by Crippen LogP contribution is -2.50. The molecular formula is C22H25F4N5O. The zero-order valence-electron chi connectivity index (χ0n) is 17.8. The number of carbonyl (C=O) groups is 1. The number of nitrogens with zero attached hydrogens (tertiary/aromatic N) is 1. The molecule has 2 atom stereocenters. The van der Waals surface area contributed by atoms with Crippen molar-refractivity contribution in [2.24, 2.45) is 4.99 Å². The molecule has 1 aliphatic heterocycles. The number of aliphatic imine (C=N–C) groups is 1. The van der Waals surface area contributed by atoms with Crippen LogP contribution in [0, 0.1) is 5.82 Å². The third-order valence-corrected chi connectivity index (χ3v) is 4.62. The van der Waals surface area contributed by atoms with Gasteiger partial charge in [-0.05, 0) is 56.7 Å². The predicted molar refractivity (Wildman–Crippen MR) is 113 cm³/mol. The lowest BCUT2D eigenvalue weighted by Gasteiger charge is -2.24. The van der Waals surface area contributed by atoms with Gasteiger partial charge in [0.25, 0.3) is 5.91 Å². The molecule has 0 bridgehead atoms. The predicted octanol–water partition coefficient (Wildman–Crippen LogP) is 3.88. The highest BCUT2D eigenvalue weighted by atomic mass is 19.4. The molecule has 0 aromatic heterocycles. The van der Waals surface area contributed by atoms with Gasteiger partial charge in [0.1, 0.15) is 12.0 Å². The van der Waals surface area contributed by atoms with E-state index in [0.717, 1.165) is 17.7 Å². The summed E-state index contributed by atoms with van der Waals surface area (Å²) >= 11 is 0. The van der Waals surface area contributed by atoms with Gasteiger partial charge in [-0.2, -0.15) is 13.2 Å². The highest BCUT2D eigenvalue weighted by Gasteiger charge is 2.31. The topological polar surface area (TPSA) is 77.6 Å². The Balaban J connectivity index is 1.76. The van der Waals surface area contributed by atoms with Crippen molar-refractivity contribution in [2.45, 2.75) is 51.1 Å². The molecule has 32 heavy (non-hydrogen) atoms. The summed E-state index contributed by atoms with van der Waals surface area (Å²) in [6.45, 7) is 5.59. The first-order valence-corrected chi connectivity index (χ1v) is 10.0. The van der Waals surface area contributed by atoms with Crippen LogP contribution in [0.25, 0.3) is 0 Å². The van der Waals surface area contributed by atoms with Crippen molar-refractivity contribution in [3.05, 3.63) is 71.0 Å². The summed E-state index contributed by atoms with van der Waals surface area (Å²) in [5.41, 5.74) is 5.44. The van der Waals surface area contributed by atoms with E-state index in [9.17, 15) is 22.4 Å². The molecule has 2 aromatic rings. The SMILES string of the molecule is CC(C)(C)NC(=NC1CC(c2ccc(F)cc2)NN1)NC(=O)c1cccc(C(F)(F)F)c1. The number of benzene rings is 2. The van der Waals surface area contributed by atoms with Gasteiger partial charge in [0.2, 0.25) is 0 Å². The summed E-state index contributed by atoms with van der Waals surface area (Å²) in [4.78, 5) is 17.1. The maximum absolute atomic E-state index is 13.2. The molecule has 0 saturated carbocycles. The molecule has 1 fully saturated rings. The summed E-state index contributed by atoms with van der Waals surface area (Å²) in [5.74, 6) is -0.921. The first-order chi connectivity index (χ1) is 14.9. The Labute approximate surface area is 183 Å². The molecule has 0 aliphatic carbocycles. The molecule has 1 aliphatic rings. The number of rotatable bonds is 3. The molecule has 10 heteroatoms. The minimum Gasteiger partial charge on any atom is -0.351 e. The van der Waals surface area contributed by atoms with Crippen molar-refractivity contribution >= 4 is 11.9 Å². The van der Waals surface area contributed by atoms with Crippen LogP contribution in [0.5, 0.6) is 0 Å². The Morgan fingerprint density at radius 3 is 2.38 bits per heavy atom. The molecule has 4 N–H and O–H groups in total. The van der Waals surface area contributed by atoms with Gasteiger partial charge in [-0.3, -0.25) is 10.1 Å². The van der Waals surface area contributed by atoms with E-state index in [1.807, 2.05) is 20.8 Å². The maximum Gasteiger partial charge on any atom is 0.416 e. The van der Waals surface area contributed by atoms with Gasteiger partial charge in [0.15, 0.2) is 5.96 Å². The van der Waals surface area contributed by atoms with E-state index >= 15 is 0 Å². The zero-order valence-corrected chi connectivity index (χ0v) is 17.8. The van der Waals surface area contributed by atoms with E-state index < -0.39 is 29.4 Å². The second-order valence-corrected chi connectivity index (χ2v) is 8.53. The van der Waals surface area contributed by atoms with Gasteiger partial charge in [0, 0.05) is 23.6 Å². The van der Waals surface area contributed by atoms with Crippen molar-refractivity contribution in [2.75, 3.05) is 0 Å². The van der Waals surface area contributed by atoms with Crippen molar-refractivity contribution < 1.29 is 22.4 Å². The molecule has 1 saturated heterocycles. The summed E-state index contributed by atoms with van der Waals surface area (Å²) in [7, 11) is 0. The standard InChI is InChI=1S/C22H25F4N5O/c1-21(2,3)29-20(28-19(32)14-5-4-6-15(11-14)22(24,25)26)27-18-12-17(30-31-18)13-7-9-16(23)10-8-13/h4-11,17-18,30-31H,12H2,1-3H3,(H2,27,28,29,32). The van der Waals surface area contributed by atoms with Crippen LogP contribution in [0.3, 0.4) is 0 Å². The second kappa shape index (κ2) is 9.25. The first kappa shape index (κ1) is 23.7. The van der Waals surface area contributed by atoms with Crippen LogP contribution in [-0.2, 0) is 6.18 Å². The van der Waals surface area contributed by atoms with E-state index in [0.29, 0.717) is 6.42 Å². The number of nitrogens with one attached hydrogen (secondary N) is 4. The van der Waals surface area contributed by atoms with Gasteiger partial charge in [-0.25, -0.2) is 20.2 Å². The number of guanidine groups is 1. The van der Waals surface area contributed by atoms with E-state index in [-0.39, 0.29) is 23.4 Å². The smallest absolute Gasteiger partial charge is 0.351 e. The second-order valence-electron chi connectivity index (χ2n) is 8.53. The number of amides is 1. The van der Waals surface area contributed by atoms with Gasteiger partial charge < -0.3 is 5.32 Å². The minimum atomic E-state index is -4.55. The van der Waals surface area contributed by atoms with E-state index in [4.69, 9.17) is 0 Å². The molecule has 1 amide bonds. The van der Waals surface area contributed by atoms with E-state index in [1.165, 1.54) is 24.3 Å². The number of carbonyl (C=O) groups excluding carboxylic acids is 1. The van der Waals surface area contributed by atoms with Crippen LogP contribution in [0.2, 0.25) is 0 Å². The Morgan fingerprint density at radius 2 is 1.75 bits per heavy atom. The maximum atomic E-state index is 13.2. The average molecular weight is 451 g/mol. The number of halogens is 4. The van der Waals surface area contributed by atoms with Crippen LogP contribution in [0.15, 0.2) is 53.5 Å². The van der Waals surface area contributed by atoms with Crippen molar-refractivity contribution in [1.82, 2.24) is 21.5 Å². The first-order valence-electron chi connectivity index (χ1n) is 10.0. The summed E-state index contributed by atoms with van der Waals surface area (Å²) in [5, 5.41) is 5.64. The summed E-state index contributed by atoms with van der Waals surface area (Å²) < 4.78 is 52.1. The lowest BCUT2D eigenvalue weighted by atomic mass is 10.0. The number of hydrogen-bond donors (Lipinski definition) is 4. The third kappa shape index (κ3) is 6.51. The molecule has 1 heterocycles.